The van der Waals surface area contributed by atoms with Crippen LogP contribution in [0.5, 0.6) is 11.5 Å². The number of carbonyl (C=O) groups excluding carboxylic acids is 1. The maximum absolute atomic E-state index is 13.3. The Morgan fingerprint density at radius 1 is 1.09 bits per heavy atom. The Hall–Kier alpha value is -2.56. The fourth-order valence-electron chi connectivity index (χ4n) is 2.03. The Balaban J connectivity index is 1.70. The number of carbonyl (C=O) groups is 1. The molecule has 0 aliphatic heterocycles. The van der Waals surface area contributed by atoms with Gasteiger partial charge in [0.05, 0.1) is 19.6 Å². The minimum atomic E-state index is -0.409. The number of hydrogen-bond acceptors (Lipinski definition) is 3. The summed E-state index contributed by atoms with van der Waals surface area (Å²) < 4.78 is 24.0. The van der Waals surface area contributed by atoms with Crippen molar-refractivity contribution < 1.29 is 18.7 Å². The van der Waals surface area contributed by atoms with Crippen molar-refractivity contribution in [1.29, 1.82) is 0 Å². The molecule has 0 radical (unpaired) electrons. The zero-order chi connectivity index (χ0) is 16.5. The van der Waals surface area contributed by atoms with Crippen LogP contribution in [0.3, 0.4) is 0 Å². The quantitative estimate of drug-likeness (QED) is 0.762. The average Bonchev–Trinajstić information content (AvgIpc) is 2.55. The predicted octanol–water partition coefficient (Wildman–Crippen LogP) is 2.96. The summed E-state index contributed by atoms with van der Waals surface area (Å²) in [5, 5.41) is 2.74. The van der Waals surface area contributed by atoms with Gasteiger partial charge in [0.2, 0.25) is 5.91 Å². The summed E-state index contributed by atoms with van der Waals surface area (Å²) in [6, 6.07) is 13.6. The van der Waals surface area contributed by atoms with Crippen molar-refractivity contribution in [2.24, 2.45) is 0 Å². The summed E-state index contributed by atoms with van der Waals surface area (Å²) in [5.41, 5.74) is 0.904. The first-order chi connectivity index (χ1) is 11.2. The number of ether oxygens (including phenoxy) is 2. The van der Waals surface area contributed by atoms with E-state index < -0.39 is 5.82 Å². The molecule has 4 nitrogen and oxygen atoms in total. The van der Waals surface area contributed by atoms with Crippen molar-refractivity contribution in [3.63, 3.8) is 0 Å². The van der Waals surface area contributed by atoms with Gasteiger partial charge < -0.3 is 14.8 Å². The van der Waals surface area contributed by atoms with Crippen molar-refractivity contribution in [3.8, 4) is 11.5 Å². The fourth-order valence-corrected chi connectivity index (χ4v) is 2.03. The van der Waals surface area contributed by atoms with Crippen LogP contribution in [0, 0.1) is 5.82 Å². The highest BCUT2D eigenvalue weighted by molar-refractivity contribution is 5.78. The van der Waals surface area contributed by atoms with Crippen molar-refractivity contribution in [1.82, 2.24) is 5.32 Å². The van der Waals surface area contributed by atoms with Gasteiger partial charge in [0.15, 0.2) is 11.6 Å². The average molecular weight is 317 g/mol. The van der Waals surface area contributed by atoms with Gasteiger partial charge in [0.1, 0.15) is 12.4 Å². The molecule has 0 heterocycles. The van der Waals surface area contributed by atoms with Crippen molar-refractivity contribution in [2.45, 2.75) is 13.3 Å². The van der Waals surface area contributed by atoms with Crippen LogP contribution in [0.1, 0.15) is 12.5 Å². The molecule has 122 valence electrons. The molecule has 0 saturated carbocycles. The molecule has 0 unspecified atom stereocenters. The van der Waals surface area contributed by atoms with Gasteiger partial charge in [-0.05, 0) is 36.8 Å². The minimum Gasteiger partial charge on any atom is -0.494 e. The molecule has 0 spiro atoms. The Morgan fingerprint density at radius 3 is 2.52 bits per heavy atom. The Kier molecular flexibility index (Phi) is 6.41. The largest absolute Gasteiger partial charge is 0.494 e. The van der Waals surface area contributed by atoms with Crippen LogP contribution in [-0.2, 0) is 11.2 Å². The molecule has 0 bridgehead atoms. The van der Waals surface area contributed by atoms with Gasteiger partial charge in [-0.1, -0.05) is 24.3 Å². The lowest BCUT2D eigenvalue weighted by molar-refractivity contribution is -0.120. The van der Waals surface area contributed by atoms with E-state index in [1.54, 1.807) is 18.2 Å². The van der Waals surface area contributed by atoms with Crippen LogP contribution in [0.25, 0.3) is 0 Å². The van der Waals surface area contributed by atoms with Crippen LogP contribution in [0.4, 0.5) is 4.39 Å². The van der Waals surface area contributed by atoms with Gasteiger partial charge in [0.25, 0.3) is 0 Å². The first-order valence-corrected chi connectivity index (χ1v) is 7.55. The molecule has 23 heavy (non-hydrogen) atoms. The summed E-state index contributed by atoms with van der Waals surface area (Å²) in [5.74, 6) is 0.461. The normalized spacial score (nSPS) is 10.2. The zero-order valence-electron chi connectivity index (χ0n) is 13.0. The van der Waals surface area contributed by atoms with E-state index in [1.807, 2.05) is 31.2 Å². The van der Waals surface area contributed by atoms with Crippen LogP contribution >= 0.6 is 0 Å². The lowest BCUT2D eigenvalue weighted by Gasteiger charge is -2.09. The van der Waals surface area contributed by atoms with Gasteiger partial charge >= 0.3 is 0 Å². The first kappa shape index (κ1) is 16.8. The van der Waals surface area contributed by atoms with Gasteiger partial charge in [-0.15, -0.1) is 0 Å². The number of nitrogens with one attached hydrogen (secondary N) is 1. The summed E-state index contributed by atoms with van der Waals surface area (Å²) >= 11 is 0. The molecule has 5 heteroatoms. The second-order valence-corrected chi connectivity index (χ2v) is 4.88. The maximum atomic E-state index is 13.3. The first-order valence-electron chi connectivity index (χ1n) is 7.55. The highest BCUT2D eigenvalue weighted by atomic mass is 19.1. The van der Waals surface area contributed by atoms with E-state index in [1.165, 1.54) is 6.07 Å². The minimum absolute atomic E-state index is 0.105. The van der Waals surface area contributed by atoms with Crippen LogP contribution in [0.2, 0.25) is 0 Å². The van der Waals surface area contributed by atoms with E-state index in [0.717, 1.165) is 11.3 Å². The summed E-state index contributed by atoms with van der Waals surface area (Å²) in [6.07, 6.45) is 0.284. The molecule has 2 aromatic rings. The fraction of sp³-hybridized carbons (Fsp3) is 0.278. The number of para-hydroxylation sites is 1. The number of amides is 1. The molecule has 1 amide bonds. The van der Waals surface area contributed by atoms with Gasteiger partial charge in [-0.3, -0.25) is 4.79 Å². The third-order valence-electron chi connectivity index (χ3n) is 3.12. The van der Waals surface area contributed by atoms with Gasteiger partial charge in [0, 0.05) is 0 Å². The Morgan fingerprint density at radius 2 is 1.83 bits per heavy atom. The summed E-state index contributed by atoms with van der Waals surface area (Å²) in [6.45, 7) is 3.08. The van der Waals surface area contributed by atoms with E-state index in [2.05, 4.69) is 5.32 Å². The predicted molar refractivity (Wildman–Crippen MR) is 86.2 cm³/mol. The van der Waals surface area contributed by atoms with Crippen LogP contribution in [0.15, 0.2) is 48.5 Å². The topological polar surface area (TPSA) is 47.6 Å². The number of benzene rings is 2. The molecule has 1 N–H and O–H groups in total. The SMILES string of the molecule is CCOc1ccc(CC(=O)NCCOc2ccccc2F)cc1. The third-order valence-corrected chi connectivity index (χ3v) is 3.12. The van der Waals surface area contributed by atoms with E-state index in [4.69, 9.17) is 9.47 Å². The summed E-state index contributed by atoms with van der Waals surface area (Å²) in [7, 11) is 0. The molecule has 0 aliphatic rings. The van der Waals surface area contributed by atoms with E-state index in [9.17, 15) is 9.18 Å². The van der Waals surface area contributed by atoms with E-state index in [0.29, 0.717) is 13.2 Å². The maximum Gasteiger partial charge on any atom is 0.224 e. The lowest BCUT2D eigenvalue weighted by atomic mass is 10.1. The molecular formula is C18H20FNO3. The van der Waals surface area contributed by atoms with Crippen molar-refractivity contribution in [3.05, 3.63) is 59.9 Å². The standard InChI is InChI=1S/C18H20FNO3/c1-2-22-15-9-7-14(8-10-15)13-18(21)20-11-12-23-17-6-4-3-5-16(17)19/h3-10H,2,11-13H2,1H3,(H,20,21). The smallest absolute Gasteiger partial charge is 0.224 e. The van der Waals surface area contributed by atoms with Crippen molar-refractivity contribution >= 4 is 5.91 Å². The number of rotatable bonds is 8. The highest BCUT2D eigenvalue weighted by Gasteiger charge is 2.05. The molecular weight excluding hydrogens is 297 g/mol. The Labute approximate surface area is 135 Å². The lowest BCUT2D eigenvalue weighted by Crippen LogP contribution is -2.29. The molecule has 2 rings (SSSR count). The van der Waals surface area contributed by atoms with Crippen LogP contribution in [-0.4, -0.2) is 25.7 Å². The van der Waals surface area contributed by atoms with Crippen LogP contribution < -0.4 is 14.8 Å². The number of hydrogen-bond donors (Lipinski definition) is 1. The van der Waals surface area contributed by atoms with E-state index in [-0.39, 0.29) is 24.7 Å². The van der Waals surface area contributed by atoms with Gasteiger partial charge in [-0.25, -0.2) is 4.39 Å². The number of halogens is 1. The summed E-state index contributed by atoms with van der Waals surface area (Å²) in [4.78, 5) is 11.8. The van der Waals surface area contributed by atoms with Crippen molar-refractivity contribution in [2.75, 3.05) is 19.8 Å². The molecule has 0 fully saturated rings. The molecule has 0 aliphatic carbocycles. The van der Waals surface area contributed by atoms with Gasteiger partial charge in [-0.2, -0.15) is 0 Å². The molecule has 2 aromatic carbocycles. The monoisotopic (exact) mass is 317 g/mol. The zero-order valence-corrected chi connectivity index (χ0v) is 13.0. The molecule has 0 aromatic heterocycles. The second-order valence-electron chi connectivity index (χ2n) is 4.88. The molecule has 0 saturated heterocycles. The molecule has 0 atom stereocenters. The Bertz CT molecular complexity index is 628. The third kappa shape index (κ3) is 5.62. The van der Waals surface area contributed by atoms with E-state index >= 15 is 0 Å². The highest BCUT2D eigenvalue weighted by Crippen LogP contribution is 2.15. The second kappa shape index (κ2) is 8.78.